The van der Waals surface area contributed by atoms with Crippen molar-refractivity contribution in [2.75, 3.05) is 6.54 Å². The summed E-state index contributed by atoms with van der Waals surface area (Å²) in [5.74, 6) is -0.571. The molecule has 1 unspecified atom stereocenters. The number of hydrogen-bond donors (Lipinski definition) is 2. The predicted molar refractivity (Wildman–Crippen MR) is 76.7 cm³/mol. The molecule has 104 valence electrons. The van der Waals surface area contributed by atoms with Crippen molar-refractivity contribution in [3.63, 3.8) is 0 Å². The van der Waals surface area contributed by atoms with Gasteiger partial charge in [-0.05, 0) is 36.2 Å². The van der Waals surface area contributed by atoms with Gasteiger partial charge in [0.25, 0.3) is 5.91 Å². The van der Waals surface area contributed by atoms with Gasteiger partial charge in [-0.3, -0.25) is 4.79 Å². The molecular weight excluding hydrogens is 255 g/mol. The van der Waals surface area contributed by atoms with Crippen LogP contribution >= 0.6 is 0 Å². The molecular formula is C16H17FN2O. The monoisotopic (exact) mass is 272 g/mol. The molecule has 0 spiro atoms. The molecule has 0 fully saturated rings. The first-order chi connectivity index (χ1) is 9.66. The maximum absolute atomic E-state index is 12.7. The predicted octanol–water partition coefficient (Wildman–Crippen LogP) is 2.65. The van der Waals surface area contributed by atoms with Crippen LogP contribution < -0.4 is 11.1 Å². The van der Waals surface area contributed by atoms with Gasteiger partial charge in [0.05, 0.1) is 0 Å². The minimum atomic E-state index is -0.354. The van der Waals surface area contributed by atoms with Gasteiger partial charge in [0.1, 0.15) is 5.82 Å². The van der Waals surface area contributed by atoms with Crippen LogP contribution in [0.15, 0.2) is 54.6 Å². The van der Waals surface area contributed by atoms with Crippen molar-refractivity contribution in [2.24, 2.45) is 5.73 Å². The van der Waals surface area contributed by atoms with Crippen LogP contribution in [0.1, 0.15) is 28.4 Å². The van der Waals surface area contributed by atoms with Crippen molar-refractivity contribution in [2.45, 2.75) is 12.5 Å². The summed E-state index contributed by atoms with van der Waals surface area (Å²) < 4.78 is 12.7. The third-order valence-electron chi connectivity index (χ3n) is 3.08. The molecule has 0 aliphatic carbocycles. The molecule has 2 rings (SSSR count). The van der Waals surface area contributed by atoms with Gasteiger partial charge in [0.15, 0.2) is 0 Å². The summed E-state index contributed by atoms with van der Waals surface area (Å²) in [5.41, 5.74) is 7.53. The van der Waals surface area contributed by atoms with E-state index in [1.54, 1.807) is 0 Å². The topological polar surface area (TPSA) is 55.1 Å². The molecule has 0 saturated heterocycles. The average Bonchev–Trinajstić information content (AvgIpc) is 2.48. The molecule has 20 heavy (non-hydrogen) atoms. The van der Waals surface area contributed by atoms with Gasteiger partial charge in [-0.1, -0.05) is 30.3 Å². The van der Waals surface area contributed by atoms with Gasteiger partial charge in [0, 0.05) is 18.2 Å². The van der Waals surface area contributed by atoms with E-state index in [9.17, 15) is 9.18 Å². The number of rotatable bonds is 5. The van der Waals surface area contributed by atoms with Crippen LogP contribution in [0.5, 0.6) is 0 Å². The molecule has 0 saturated carbocycles. The van der Waals surface area contributed by atoms with E-state index in [-0.39, 0.29) is 17.8 Å². The summed E-state index contributed by atoms with van der Waals surface area (Å²) >= 11 is 0. The first-order valence-electron chi connectivity index (χ1n) is 6.51. The number of hydrogen-bond acceptors (Lipinski definition) is 2. The van der Waals surface area contributed by atoms with E-state index in [0.29, 0.717) is 18.5 Å². The number of carbonyl (C=O) groups excluding carboxylic acids is 1. The van der Waals surface area contributed by atoms with Crippen molar-refractivity contribution in [3.8, 4) is 0 Å². The zero-order valence-corrected chi connectivity index (χ0v) is 11.1. The summed E-state index contributed by atoms with van der Waals surface area (Å²) in [5, 5.41) is 2.78. The highest BCUT2D eigenvalue weighted by atomic mass is 19.1. The Bertz CT molecular complexity index is 554. The molecule has 3 N–H and O–H groups in total. The van der Waals surface area contributed by atoms with Crippen LogP contribution in [0.25, 0.3) is 0 Å². The van der Waals surface area contributed by atoms with Gasteiger partial charge in [-0.2, -0.15) is 0 Å². The third kappa shape index (κ3) is 3.90. The van der Waals surface area contributed by atoms with E-state index in [2.05, 4.69) is 5.32 Å². The normalized spacial score (nSPS) is 11.9. The number of nitrogens with one attached hydrogen (secondary N) is 1. The second-order valence-electron chi connectivity index (χ2n) is 4.57. The summed E-state index contributed by atoms with van der Waals surface area (Å²) in [6.45, 7) is 0.478. The quantitative estimate of drug-likeness (QED) is 0.879. The first kappa shape index (κ1) is 14.2. The molecule has 1 amide bonds. The SMILES string of the molecule is NC(CCNC(=O)c1ccc(F)cc1)c1ccccc1. The van der Waals surface area contributed by atoms with E-state index in [0.717, 1.165) is 5.56 Å². The van der Waals surface area contributed by atoms with Crippen LogP contribution in [-0.4, -0.2) is 12.5 Å². The van der Waals surface area contributed by atoms with Gasteiger partial charge in [0.2, 0.25) is 0 Å². The lowest BCUT2D eigenvalue weighted by atomic mass is 10.1. The summed E-state index contributed by atoms with van der Waals surface area (Å²) in [6.07, 6.45) is 0.650. The Balaban J connectivity index is 1.81. The molecule has 0 heterocycles. The Kier molecular flexibility index (Phi) is 4.85. The Labute approximate surface area is 117 Å². The fourth-order valence-corrected chi connectivity index (χ4v) is 1.91. The van der Waals surface area contributed by atoms with Crippen LogP contribution in [0.4, 0.5) is 4.39 Å². The lowest BCUT2D eigenvalue weighted by Crippen LogP contribution is -2.27. The minimum Gasteiger partial charge on any atom is -0.352 e. The van der Waals surface area contributed by atoms with Crippen LogP contribution in [0.3, 0.4) is 0 Å². The zero-order valence-electron chi connectivity index (χ0n) is 11.1. The smallest absolute Gasteiger partial charge is 0.251 e. The number of amides is 1. The number of benzene rings is 2. The second kappa shape index (κ2) is 6.82. The Morgan fingerprint density at radius 2 is 1.75 bits per heavy atom. The maximum Gasteiger partial charge on any atom is 0.251 e. The van der Waals surface area contributed by atoms with Gasteiger partial charge < -0.3 is 11.1 Å². The lowest BCUT2D eigenvalue weighted by Gasteiger charge is -2.12. The molecule has 2 aromatic rings. The van der Waals surface area contributed by atoms with Crippen molar-refractivity contribution in [1.29, 1.82) is 0 Å². The molecule has 3 nitrogen and oxygen atoms in total. The average molecular weight is 272 g/mol. The van der Waals surface area contributed by atoms with Gasteiger partial charge >= 0.3 is 0 Å². The fourth-order valence-electron chi connectivity index (χ4n) is 1.91. The molecule has 0 aromatic heterocycles. The maximum atomic E-state index is 12.7. The van der Waals surface area contributed by atoms with Crippen molar-refractivity contribution >= 4 is 5.91 Å². The number of nitrogens with two attached hydrogens (primary N) is 1. The highest BCUT2D eigenvalue weighted by Crippen LogP contribution is 2.12. The van der Waals surface area contributed by atoms with Crippen molar-refractivity contribution < 1.29 is 9.18 Å². The van der Waals surface area contributed by atoms with Crippen molar-refractivity contribution in [3.05, 3.63) is 71.5 Å². The molecule has 0 aliphatic rings. The summed E-state index contributed by atoms with van der Waals surface area (Å²) in [6, 6.07) is 15.1. The third-order valence-corrected chi connectivity index (χ3v) is 3.08. The first-order valence-corrected chi connectivity index (χ1v) is 6.51. The fraction of sp³-hybridized carbons (Fsp3) is 0.188. The largest absolute Gasteiger partial charge is 0.352 e. The van der Waals surface area contributed by atoms with E-state index in [4.69, 9.17) is 5.73 Å². The number of halogens is 1. The van der Waals surface area contributed by atoms with Crippen LogP contribution in [-0.2, 0) is 0 Å². The highest BCUT2D eigenvalue weighted by molar-refractivity contribution is 5.94. The van der Waals surface area contributed by atoms with E-state index in [1.807, 2.05) is 30.3 Å². The highest BCUT2D eigenvalue weighted by Gasteiger charge is 2.08. The molecule has 0 aliphatic heterocycles. The zero-order chi connectivity index (χ0) is 14.4. The molecule has 2 aromatic carbocycles. The van der Waals surface area contributed by atoms with E-state index >= 15 is 0 Å². The Hall–Kier alpha value is -2.20. The Morgan fingerprint density at radius 1 is 1.10 bits per heavy atom. The molecule has 0 bridgehead atoms. The van der Waals surface area contributed by atoms with Crippen molar-refractivity contribution in [1.82, 2.24) is 5.32 Å². The molecule has 4 heteroatoms. The second-order valence-corrected chi connectivity index (χ2v) is 4.57. The Morgan fingerprint density at radius 3 is 2.40 bits per heavy atom. The van der Waals surface area contributed by atoms with Gasteiger partial charge in [-0.15, -0.1) is 0 Å². The standard InChI is InChI=1S/C16H17FN2O/c17-14-8-6-13(7-9-14)16(20)19-11-10-15(18)12-4-2-1-3-5-12/h1-9,15H,10-11,18H2,(H,19,20). The molecule has 0 radical (unpaired) electrons. The minimum absolute atomic E-state index is 0.107. The van der Waals surface area contributed by atoms with Gasteiger partial charge in [-0.25, -0.2) is 4.39 Å². The van der Waals surface area contributed by atoms with E-state index in [1.165, 1.54) is 24.3 Å². The lowest BCUT2D eigenvalue weighted by molar-refractivity contribution is 0.0952. The van der Waals surface area contributed by atoms with Crippen LogP contribution in [0, 0.1) is 5.82 Å². The summed E-state index contributed by atoms with van der Waals surface area (Å²) in [4.78, 5) is 11.8. The van der Waals surface area contributed by atoms with E-state index < -0.39 is 0 Å². The van der Waals surface area contributed by atoms with Crippen LogP contribution in [0.2, 0.25) is 0 Å². The summed E-state index contributed by atoms with van der Waals surface area (Å²) in [7, 11) is 0. The number of carbonyl (C=O) groups is 1. The molecule has 1 atom stereocenters.